The van der Waals surface area contributed by atoms with Gasteiger partial charge < -0.3 is 9.05 Å². The highest BCUT2D eigenvalue weighted by Gasteiger charge is 2.35. The number of aromatic nitrogens is 3. The minimum absolute atomic E-state index is 0.247. The van der Waals surface area contributed by atoms with Crippen molar-refractivity contribution < 1.29 is 9.05 Å². The van der Waals surface area contributed by atoms with Crippen molar-refractivity contribution in [2.75, 3.05) is 32.7 Å². The molecule has 0 amide bonds. The minimum atomic E-state index is 0.247. The fourth-order valence-corrected chi connectivity index (χ4v) is 2.66. The lowest BCUT2D eigenvalue weighted by molar-refractivity contribution is 0.00781. The third-order valence-electron chi connectivity index (χ3n) is 3.68. The molecule has 7 heteroatoms. The molecule has 94 valence electrons. The van der Waals surface area contributed by atoms with E-state index in [0.717, 1.165) is 38.5 Å². The van der Waals surface area contributed by atoms with Crippen molar-refractivity contribution in [2.45, 2.75) is 6.04 Å². The van der Waals surface area contributed by atoms with Gasteiger partial charge in [-0.15, -0.1) is 0 Å². The molecule has 5 rings (SSSR count). The lowest BCUT2D eigenvalue weighted by Gasteiger charge is -2.46. The Bertz CT molecular complexity index is 529. The van der Waals surface area contributed by atoms with E-state index in [0.29, 0.717) is 11.6 Å². The highest BCUT2D eigenvalue weighted by atomic mass is 16.5. The molecule has 0 saturated carbocycles. The molecule has 0 N–H and O–H groups in total. The number of fused-ring (bicyclic) bond motifs is 3. The standard InChI is InChI=1S/C11H13N5O2/c1-6-17-13-8(1)11-12-10(14-18-11)9-7-15-2-4-16(9)5-3-15/h1,6,9H,2-5,7H2/t9-/m0/s1. The number of hydrogen-bond donors (Lipinski definition) is 0. The van der Waals surface area contributed by atoms with Crippen molar-refractivity contribution in [3.63, 3.8) is 0 Å². The highest BCUT2D eigenvalue weighted by Crippen LogP contribution is 2.28. The second-order valence-electron chi connectivity index (χ2n) is 4.69. The maximum atomic E-state index is 5.24. The van der Waals surface area contributed by atoms with Crippen LogP contribution < -0.4 is 0 Å². The second kappa shape index (κ2) is 3.89. The molecule has 0 spiro atoms. The van der Waals surface area contributed by atoms with Crippen molar-refractivity contribution in [1.29, 1.82) is 0 Å². The van der Waals surface area contributed by atoms with E-state index in [2.05, 4.69) is 25.1 Å². The Morgan fingerprint density at radius 2 is 2.06 bits per heavy atom. The summed E-state index contributed by atoms with van der Waals surface area (Å²) >= 11 is 0. The van der Waals surface area contributed by atoms with E-state index in [4.69, 9.17) is 9.05 Å². The fourth-order valence-electron chi connectivity index (χ4n) is 2.66. The number of rotatable bonds is 2. The largest absolute Gasteiger partial charge is 0.364 e. The second-order valence-corrected chi connectivity index (χ2v) is 4.69. The molecule has 0 aliphatic carbocycles. The first-order valence-corrected chi connectivity index (χ1v) is 6.11. The summed E-state index contributed by atoms with van der Waals surface area (Å²) < 4.78 is 10.0. The van der Waals surface area contributed by atoms with Crippen LogP contribution in [0.25, 0.3) is 11.6 Å². The Hall–Kier alpha value is -1.73. The number of hydrogen-bond acceptors (Lipinski definition) is 7. The van der Waals surface area contributed by atoms with E-state index in [-0.39, 0.29) is 6.04 Å². The number of piperazine rings is 3. The summed E-state index contributed by atoms with van der Waals surface area (Å²) in [4.78, 5) is 9.28. The zero-order chi connectivity index (χ0) is 11.9. The molecule has 3 aliphatic rings. The Balaban J connectivity index is 1.62. The summed E-state index contributed by atoms with van der Waals surface area (Å²) in [7, 11) is 0. The van der Waals surface area contributed by atoms with Crippen LogP contribution >= 0.6 is 0 Å². The van der Waals surface area contributed by atoms with Crippen LogP contribution in [0.2, 0.25) is 0 Å². The van der Waals surface area contributed by atoms with E-state index in [9.17, 15) is 0 Å². The molecular formula is C11H13N5O2. The van der Waals surface area contributed by atoms with Crippen LogP contribution in [0, 0.1) is 0 Å². The molecule has 18 heavy (non-hydrogen) atoms. The molecule has 5 heterocycles. The molecule has 3 aliphatic heterocycles. The van der Waals surface area contributed by atoms with E-state index in [1.165, 1.54) is 6.26 Å². The highest BCUT2D eigenvalue weighted by molar-refractivity contribution is 5.44. The van der Waals surface area contributed by atoms with E-state index in [1.807, 2.05) is 0 Å². The normalized spacial score (nSPS) is 30.8. The summed E-state index contributed by atoms with van der Waals surface area (Å²) in [5.41, 5.74) is 0.588. The van der Waals surface area contributed by atoms with Crippen LogP contribution in [0.15, 0.2) is 21.4 Å². The van der Waals surface area contributed by atoms with Gasteiger partial charge >= 0.3 is 0 Å². The quantitative estimate of drug-likeness (QED) is 0.760. The summed E-state index contributed by atoms with van der Waals surface area (Å²) in [5.74, 6) is 1.17. The molecule has 0 unspecified atom stereocenters. The zero-order valence-electron chi connectivity index (χ0n) is 9.82. The molecule has 2 aromatic rings. The Morgan fingerprint density at radius 1 is 1.17 bits per heavy atom. The van der Waals surface area contributed by atoms with Crippen molar-refractivity contribution in [1.82, 2.24) is 25.1 Å². The first kappa shape index (κ1) is 10.2. The first-order valence-electron chi connectivity index (χ1n) is 6.11. The molecule has 2 bridgehead atoms. The zero-order valence-corrected chi connectivity index (χ0v) is 9.82. The van der Waals surface area contributed by atoms with Crippen molar-refractivity contribution >= 4 is 0 Å². The maximum Gasteiger partial charge on any atom is 0.280 e. The average molecular weight is 247 g/mol. The maximum absolute atomic E-state index is 5.24. The van der Waals surface area contributed by atoms with Gasteiger partial charge in [0.1, 0.15) is 6.26 Å². The monoisotopic (exact) mass is 247 g/mol. The molecule has 1 atom stereocenters. The molecule has 3 fully saturated rings. The van der Waals surface area contributed by atoms with Crippen LogP contribution in [-0.4, -0.2) is 57.8 Å². The Morgan fingerprint density at radius 3 is 2.72 bits per heavy atom. The minimum Gasteiger partial charge on any atom is -0.364 e. The third kappa shape index (κ3) is 1.55. The fraction of sp³-hybridized carbons (Fsp3) is 0.545. The van der Waals surface area contributed by atoms with Gasteiger partial charge in [0.25, 0.3) is 5.89 Å². The lowest BCUT2D eigenvalue weighted by Crippen LogP contribution is -2.57. The van der Waals surface area contributed by atoms with Gasteiger partial charge in [0.05, 0.1) is 6.04 Å². The summed E-state index contributed by atoms with van der Waals surface area (Å²) in [6.45, 7) is 5.43. The SMILES string of the molecule is c1cc(-c2nc([C@@H]3CN4CCN3CC4)no2)no1. The van der Waals surface area contributed by atoms with Gasteiger partial charge in [-0.3, -0.25) is 9.80 Å². The van der Waals surface area contributed by atoms with Crippen molar-refractivity contribution in [2.24, 2.45) is 0 Å². The van der Waals surface area contributed by atoms with Gasteiger partial charge in [-0.1, -0.05) is 10.3 Å². The number of nitrogens with zero attached hydrogens (tertiary/aromatic N) is 5. The van der Waals surface area contributed by atoms with E-state index >= 15 is 0 Å². The van der Waals surface area contributed by atoms with Gasteiger partial charge in [0, 0.05) is 38.8 Å². The smallest absolute Gasteiger partial charge is 0.280 e. The Labute approximate surface area is 103 Å². The van der Waals surface area contributed by atoms with Crippen LogP contribution in [0.3, 0.4) is 0 Å². The first-order chi connectivity index (χ1) is 8.90. The van der Waals surface area contributed by atoms with Gasteiger partial charge in [0.2, 0.25) is 0 Å². The van der Waals surface area contributed by atoms with E-state index < -0.39 is 0 Å². The molecule has 0 aromatic carbocycles. The van der Waals surface area contributed by atoms with E-state index in [1.54, 1.807) is 6.07 Å². The van der Waals surface area contributed by atoms with Gasteiger partial charge in [-0.2, -0.15) is 4.98 Å². The molecule has 2 aromatic heterocycles. The lowest BCUT2D eigenvalue weighted by atomic mass is 10.1. The molecule has 3 saturated heterocycles. The van der Waals surface area contributed by atoms with Crippen LogP contribution in [0.5, 0.6) is 0 Å². The summed E-state index contributed by atoms with van der Waals surface area (Å²) in [6, 6.07) is 1.96. The molecule has 0 radical (unpaired) electrons. The van der Waals surface area contributed by atoms with Gasteiger partial charge in [-0.05, 0) is 0 Å². The van der Waals surface area contributed by atoms with Crippen LogP contribution in [0.4, 0.5) is 0 Å². The van der Waals surface area contributed by atoms with Gasteiger partial charge in [0.15, 0.2) is 11.5 Å². The summed E-state index contributed by atoms with van der Waals surface area (Å²) in [5, 5.41) is 7.88. The predicted molar refractivity (Wildman–Crippen MR) is 60.5 cm³/mol. The summed E-state index contributed by atoms with van der Waals surface area (Å²) in [6.07, 6.45) is 1.50. The Kier molecular flexibility index (Phi) is 2.21. The third-order valence-corrected chi connectivity index (χ3v) is 3.68. The van der Waals surface area contributed by atoms with Gasteiger partial charge in [-0.25, -0.2) is 0 Å². The van der Waals surface area contributed by atoms with Crippen LogP contribution in [-0.2, 0) is 0 Å². The topological polar surface area (TPSA) is 71.4 Å². The molecule has 7 nitrogen and oxygen atoms in total. The van der Waals surface area contributed by atoms with Crippen molar-refractivity contribution in [3.05, 3.63) is 18.2 Å². The average Bonchev–Trinajstić information content (AvgIpc) is 3.11. The van der Waals surface area contributed by atoms with Crippen molar-refractivity contribution in [3.8, 4) is 11.6 Å². The predicted octanol–water partition coefficient (Wildman–Crippen LogP) is 0.397. The van der Waals surface area contributed by atoms with Crippen LogP contribution in [0.1, 0.15) is 11.9 Å². The molecular weight excluding hydrogens is 234 g/mol.